The lowest BCUT2D eigenvalue weighted by Gasteiger charge is -2.36. The summed E-state index contributed by atoms with van der Waals surface area (Å²) in [6.45, 7) is 3.49. The van der Waals surface area contributed by atoms with Crippen LogP contribution in [-0.4, -0.2) is 57.8 Å². The highest BCUT2D eigenvalue weighted by atomic mass is 19.1. The van der Waals surface area contributed by atoms with Gasteiger partial charge in [-0.15, -0.1) is 0 Å². The van der Waals surface area contributed by atoms with Crippen molar-refractivity contribution in [2.75, 3.05) is 26.2 Å². The molecule has 0 atom stereocenters. The minimum absolute atomic E-state index is 0.00783. The number of piperidine rings is 2. The molecule has 2 fully saturated rings. The van der Waals surface area contributed by atoms with Crippen molar-refractivity contribution in [2.45, 2.75) is 38.3 Å². The van der Waals surface area contributed by atoms with Gasteiger partial charge in [0, 0.05) is 50.5 Å². The van der Waals surface area contributed by atoms with Crippen molar-refractivity contribution in [3.8, 4) is 11.5 Å². The van der Waals surface area contributed by atoms with Gasteiger partial charge in [-0.1, -0.05) is 12.1 Å². The van der Waals surface area contributed by atoms with Crippen molar-refractivity contribution >= 4 is 5.91 Å². The van der Waals surface area contributed by atoms with Crippen LogP contribution in [0.5, 0.6) is 11.5 Å². The van der Waals surface area contributed by atoms with E-state index in [-0.39, 0.29) is 23.7 Å². The zero-order valence-corrected chi connectivity index (χ0v) is 17.8. The molecule has 2 saturated heterocycles. The summed E-state index contributed by atoms with van der Waals surface area (Å²) in [4.78, 5) is 17.1. The number of ether oxygens (including phenoxy) is 1. The molecule has 2 N–H and O–H groups in total. The molecule has 172 valence electrons. The number of aliphatic hydroxyl groups is 1. The number of phenols is 1. The molecular weight excluding hydrogens is 421 g/mol. The molecule has 2 aromatic carbocycles. The number of halogens is 3. The Labute approximate surface area is 185 Å². The molecule has 1 amide bonds. The summed E-state index contributed by atoms with van der Waals surface area (Å²) in [5, 5.41) is 9.40. The number of likely N-dealkylation sites (tertiary alicyclic amines) is 2. The molecular formula is C24H28F3N2O3+. The quantitative estimate of drug-likeness (QED) is 0.704. The van der Waals surface area contributed by atoms with Crippen molar-refractivity contribution < 1.29 is 27.8 Å². The highest BCUT2D eigenvalue weighted by molar-refractivity contribution is 5.79. The van der Waals surface area contributed by atoms with Crippen LogP contribution in [0.3, 0.4) is 0 Å². The molecule has 0 unspecified atom stereocenters. The predicted molar refractivity (Wildman–Crippen MR) is 114 cm³/mol. The Morgan fingerprint density at radius 1 is 0.938 bits per heavy atom. The van der Waals surface area contributed by atoms with Gasteiger partial charge in [0.2, 0.25) is 17.5 Å². The third-order valence-corrected chi connectivity index (χ3v) is 6.35. The highest BCUT2D eigenvalue weighted by Crippen LogP contribution is 2.29. The fraction of sp³-hybridized carbons (Fsp3) is 0.458. The van der Waals surface area contributed by atoms with Crippen molar-refractivity contribution in [3.63, 3.8) is 0 Å². The molecule has 2 aliphatic heterocycles. The van der Waals surface area contributed by atoms with Crippen molar-refractivity contribution in [3.05, 3.63) is 59.4 Å². The number of aromatic hydroxyl groups is 2. The number of carbonyl (C=O) groups excluding carboxylic acids is 1. The lowest BCUT2D eigenvalue weighted by Crippen LogP contribution is -2.46. The van der Waals surface area contributed by atoms with Gasteiger partial charge in [0.25, 0.3) is 0 Å². The van der Waals surface area contributed by atoms with Gasteiger partial charge < -0.3 is 14.7 Å². The van der Waals surface area contributed by atoms with E-state index >= 15 is 0 Å². The number of benzene rings is 2. The minimum atomic E-state index is -1.000. The molecule has 0 radical (unpaired) electrons. The van der Waals surface area contributed by atoms with Gasteiger partial charge in [0.05, 0.1) is 0 Å². The maximum absolute atomic E-state index is 13.8. The zero-order valence-electron chi connectivity index (χ0n) is 17.8. The Bertz CT molecular complexity index is 915. The van der Waals surface area contributed by atoms with E-state index in [9.17, 15) is 23.1 Å². The van der Waals surface area contributed by atoms with Gasteiger partial charge in [-0.2, -0.15) is 8.78 Å². The van der Waals surface area contributed by atoms with E-state index < -0.39 is 23.2 Å². The monoisotopic (exact) mass is 449 g/mol. The second kappa shape index (κ2) is 9.81. The maximum atomic E-state index is 13.8. The number of hydrogen-bond donors (Lipinski definition) is 1. The first-order chi connectivity index (χ1) is 15.4. The van der Waals surface area contributed by atoms with Crippen LogP contribution in [0.2, 0.25) is 0 Å². The van der Waals surface area contributed by atoms with Crippen molar-refractivity contribution in [1.29, 1.82) is 0 Å². The van der Waals surface area contributed by atoms with Gasteiger partial charge in [-0.25, -0.2) is 4.39 Å². The Hall–Kier alpha value is -2.74. The summed E-state index contributed by atoms with van der Waals surface area (Å²) < 4.78 is 44.9. The van der Waals surface area contributed by atoms with Gasteiger partial charge in [0.15, 0.2) is 6.10 Å². The van der Waals surface area contributed by atoms with E-state index in [0.717, 1.165) is 38.0 Å². The van der Waals surface area contributed by atoms with Crippen molar-refractivity contribution in [1.82, 2.24) is 9.80 Å². The van der Waals surface area contributed by atoms with Gasteiger partial charge in [-0.3, -0.25) is 9.69 Å². The lowest BCUT2D eigenvalue weighted by atomic mass is 9.93. The summed E-state index contributed by atoms with van der Waals surface area (Å²) in [6.07, 6.45) is 2.37. The Kier molecular flexibility index (Phi) is 6.89. The van der Waals surface area contributed by atoms with Gasteiger partial charge >= 0.3 is 5.75 Å². The topological polar surface area (TPSA) is 56.6 Å². The lowest BCUT2D eigenvalue weighted by molar-refractivity contribution is -0.141. The van der Waals surface area contributed by atoms with Crippen LogP contribution in [0.4, 0.5) is 13.2 Å². The fourth-order valence-corrected chi connectivity index (χ4v) is 4.51. The molecule has 0 spiro atoms. The Morgan fingerprint density at radius 2 is 1.53 bits per heavy atom. The molecule has 2 heterocycles. The summed E-state index contributed by atoms with van der Waals surface area (Å²) >= 11 is 0. The van der Waals surface area contributed by atoms with E-state index in [4.69, 9.17) is 0 Å². The number of hydrogen-bond acceptors (Lipinski definition) is 3. The van der Waals surface area contributed by atoms with Crippen molar-refractivity contribution in [2.24, 2.45) is 5.92 Å². The van der Waals surface area contributed by atoms with E-state index in [2.05, 4.69) is 9.64 Å². The molecule has 5 nitrogen and oxygen atoms in total. The first kappa shape index (κ1) is 22.5. The molecule has 0 saturated carbocycles. The molecule has 32 heavy (non-hydrogen) atoms. The highest BCUT2D eigenvalue weighted by Gasteiger charge is 2.33. The van der Waals surface area contributed by atoms with Crippen LogP contribution in [0.15, 0.2) is 36.4 Å². The normalized spacial score (nSPS) is 18.7. The molecule has 4 rings (SSSR count). The molecule has 0 aliphatic carbocycles. The number of carbonyl (C=O) groups is 1. The maximum Gasteiger partial charge on any atom is 0.328 e. The first-order valence-corrected chi connectivity index (χ1v) is 11.0. The SMILES string of the molecule is O=C(C1CCN(Cc2ccc(O)cc2)CC1)N1CCC([OH+]c2c(F)cc(F)cc2F)CC1. The summed E-state index contributed by atoms with van der Waals surface area (Å²) in [5.74, 6) is -3.01. The number of nitrogens with zero attached hydrogens (tertiary/aromatic N) is 2. The third kappa shape index (κ3) is 5.35. The minimum Gasteiger partial charge on any atom is -0.576 e. The van der Waals surface area contributed by atoms with E-state index in [1.54, 1.807) is 12.1 Å². The summed E-state index contributed by atoms with van der Waals surface area (Å²) in [7, 11) is 0. The number of rotatable bonds is 5. The van der Waals surface area contributed by atoms with E-state index in [1.807, 2.05) is 17.0 Å². The Morgan fingerprint density at radius 3 is 2.12 bits per heavy atom. The number of phenolic OH excluding ortho intramolecular Hbond substituents is 1. The second-order valence-corrected chi connectivity index (χ2v) is 8.62. The van der Waals surface area contributed by atoms with E-state index in [0.29, 0.717) is 38.1 Å². The summed E-state index contributed by atoms with van der Waals surface area (Å²) in [6, 6.07) is 8.45. The van der Waals surface area contributed by atoms with Crippen LogP contribution in [0.1, 0.15) is 31.2 Å². The molecule has 2 aromatic rings. The molecule has 2 aliphatic rings. The van der Waals surface area contributed by atoms with Crippen LogP contribution in [0.25, 0.3) is 0 Å². The average Bonchev–Trinajstić information content (AvgIpc) is 2.78. The third-order valence-electron chi connectivity index (χ3n) is 6.35. The molecule has 8 heteroatoms. The van der Waals surface area contributed by atoms with Crippen LogP contribution >= 0.6 is 0 Å². The molecule has 0 aromatic heterocycles. The summed E-state index contributed by atoms with van der Waals surface area (Å²) in [5.41, 5.74) is 1.13. The zero-order chi connectivity index (χ0) is 22.7. The second-order valence-electron chi connectivity index (χ2n) is 8.62. The van der Waals surface area contributed by atoms with Crippen LogP contribution < -0.4 is 0 Å². The predicted octanol–water partition coefficient (Wildman–Crippen LogP) is 3.95. The van der Waals surface area contributed by atoms with Gasteiger partial charge in [0.1, 0.15) is 11.6 Å². The average molecular weight is 449 g/mol. The van der Waals surface area contributed by atoms with E-state index in [1.165, 1.54) is 0 Å². The first-order valence-electron chi connectivity index (χ1n) is 11.0. The van der Waals surface area contributed by atoms with Crippen LogP contribution in [0, 0.1) is 23.4 Å². The fourth-order valence-electron chi connectivity index (χ4n) is 4.51. The van der Waals surface area contributed by atoms with Gasteiger partial charge in [-0.05, 0) is 43.6 Å². The molecule has 0 bridgehead atoms. The smallest absolute Gasteiger partial charge is 0.328 e. The standard InChI is InChI=1S/C24H27F3N2O3/c25-18-13-21(26)23(22(27)14-18)32-20-7-11-29(12-8-20)24(31)17-5-9-28(10-6-17)15-16-1-3-19(30)4-2-16/h1-4,13-14,17,20,30H,5-12,15H2/p+1. The number of amides is 1. The largest absolute Gasteiger partial charge is 0.576 e. The van der Waals surface area contributed by atoms with Crippen LogP contribution in [-0.2, 0) is 11.3 Å². The Balaban J connectivity index is 1.23.